The lowest BCUT2D eigenvalue weighted by Crippen LogP contribution is -2.14. The number of anilines is 3. The van der Waals surface area contributed by atoms with Gasteiger partial charge in [0.1, 0.15) is 23.6 Å². The number of amides is 1. The van der Waals surface area contributed by atoms with Crippen molar-refractivity contribution in [3.63, 3.8) is 0 Å². The summed E-state index contributed by atoms with van der Waals surface area (Å²) in [5.41, 5.74) is 4.24. The number of hydrogen-bond donors (Lipinski definition) is 2. The molecule has 2 aromatic carbocycles. The largest absolute Gasteiger partial charge is 0.497 e. The number of aromatic nitrogens is 2. The first-order chi connectivity index (χ1) is 13.1. The molecule has 0 aliphatic heterocycles. The van der Waals surface area contributed by atoms with Gasteiger partial charge in [-0.25, -0.2) is 9.97 Å². The Morgan fingerprint density at radius 2 is 1.93 bits per heavy atom. The molecule has 0 saturated carbocycles. The number of para-hydroxylation sites is 1. The van der Waals surface area contributed by atoms with Crippen LogP contribution in [-0.4, -0.2) is 23.0 Å². The van der Waals surface area contributed by atoms with E-state index in [0.29, 0.717) is 17.3 Å². The highest BCUT2D eigenvalue weighted by molar-refractivity contribution is 6.03. The fourth-order valence-corrected chi connectivity index (χ4v) is 2.78. The van der Waals surface area contributed by atoms with Gasteiger partial charge in [-0.3, -0.25) is 4.79 Å². The number of ether oxygens (including phenoxy) is 1. The number of nitrogens with zero attached hydrogens (tertiary/aromatic N) is 2. The number of rotatable bonds is 6. The Morgan fingerprint density at radius 1 is 1.11 bits per heavy atom. The van der Waals surface area contributed by atoms with Crippen molar-refractivity contribution in [2.45, 2.75) is 20.3 Å². The molecular weight excluding hydrogens is 340 g/mol. The van der Waals surface area contributed by atoms with Gasteiger partial charge in [0.2, 0.25) is 0 Å². The summed E-state index contributed by atoms with van der Waals surface area (Å²) in [7, 11) is 1.58. The number of carbonyl (C=O) groups is 1. The van der Waals surface area contributed by atoms with Crippen LogP contribution in [0.5, 0.6) is 5.75 Å². The molecule has 1 amide bonds. The van der Waals surface area contributed by atoms with E-state index in [1.165, 1.54) is 11.9 Å². The molecule has 0 aliphatic rings. The van der Waals surface area contributed by atoms with Crippen LogP contribution in [0.3, 0.4) is 0 Å². The van der Waals surface area contributed by atoms with Gasteiger partial charge in [-0.1, -0.05) is 31.2 Å². The molecule has 3 rings (SSSR count). The molecule has 0 radical (unpaired) electrons. The minimum absolute atomic E-state index is 0.280. The van der Waals surface area contributed by atoms with E-state index in [0.717, 1.165) is 17.7 Å². The van der Waals surface area contributed by atoms with E-state index in [1.807, 2.05) is 31.2 Å². The maximum absolute atomic E-state index is 12.5. The van der Waals surface area contributed by atoms with Crippen LogP contribution in [0.15, 0.2) is 54.9 Å². The third kappa shape index (κ3) is 4.41. The molecule has 6 heteroatoms. The highest BCUT2D eigenvalue weighted by Gasteiger charge is 2.11. The second kappa shape index (κ2) is 8.31. The fraction of sp³-hybridized carbons (Fsp3) is 0.190. The Hall–Kier alpha value is -3.41. The fourth-order valence-electron chi connectivity index (χ4n) is 2.78. The molecule has 3 aromatic rings. The molecule has 138 valence electrons. The number of methoxy groups -OCH3 is 1. The van der Waals surface area contributed by atoms with E-state index < -0.39 is 0 Å². The van der Waals surface area contributed by atoms with Gasteiger partial charge in [0.05, 0.1) is 7.11 Å². The highest BCUT2D eigenvalue weighted by Crippen LogP contribution is 2.25. The Balaban J connectivity index is 1.80. The van der Waals surface area contributed by atoms with Crippen LogP contribution < -0.4 is 15.4 Å². The Kier molecular flexibility index (Phi) is 5.66. The van der Waals surface area contributed by atoms with Crippen molar-refractivity contribution >= 4 is 23.1 Å². The van der Waals surface area contributed by atoms with E-state index in [-0.39, 0.29) is 11.6 Å². The summed E-state index contributed by atoms with van der Waals surface area (Å²) < 4.78 is 5.17. The summed E-state index contributed by atoms with van der Waals surface area (Å²) >= 11 is 0. The zero-order valence-electron chi connectivity index (χ0n) is 15.6. The molecule has 6 nitrogen and oxygen atoms in total. The molecular formula is C21H22N4O2. The Labute approximate surface area is 158 Å². The number of hydrogen-bond acceptors (Lipinski definition) is 5. The van der Waals surface area contributed by atoms with Gasteiger partial charge in [-0.05, 0) is 36.6 Å². The van der Waals surface area contributed by atoms with Crippen molar-refractivity contribution in [2.75, 3.05) is 17.7 Å². The summed E-state index contributed by atoms with van der Waals surface area (Å²) in [6.07, 6.45) is 2.28. The molecule has 0 bridgehead atoms. The van der Waals surface area contributed by atoms with Crippen molar-refractivity contribution in [2.24, 2.45) is 0 Å². The van der Waals surface area contributed by atoms with Crippen LogP contribution in [0, 0.1) is 6.92 Å². The van der Waals surface area contributed by atoms with Gasteiger partial charge < -0.3 is 15.4 Å². The quantitative estimate of drug-likeness (QED) is 0.682. The zero-order valence-corrected chi connectivity index (χ0v) is 15.6. The third-order valence-electron chi connectivity index (χ3n) is 4.22. The molecule has 0 saturated heterocycles. The van der Waals surface area contributed by atoms with Gasteiger partial charge in [0.25, 0.3) is 5.91 Å². The van der Waals surface area contributed by atoms with Crippen molar-refractivity contribution in [3.05, 3.63) is 71.7 Å². The maximum atomic E-state index is 12.5. The summed E-state index contributed by atoms with van der Waals surface area (Å²) in [5.74, 6) is 0.934. The SMILES string of the molecule is CCc1cccc(C)c1Nc1cc(C(=O)Nc2cccc(OC)c2)ncn1. The lowest BCUT2D eigenvalue weighted by atomic mass is 10.1. The predicted molar refractivity (Wildman–Crippen MR) is 107 cm³/mol. The van der Waals surface area contributed by atoms with E-state index >= 15 is 0 Å². The molecule has 0 spiro atoms. The van der Waals surface area contributed by atoms with Crippen LogP contribution in [0.1, 0.15) is 28.5 Å². The molecule has 0 unspecified atom stereocenters. The van der Waals surface area contributed by atoms with Crippen LogP contribution in [0.2, 0.25) is 0 Å². The van der Waals surface area contributed by atoms with Gasteiger partial charge in [0.15, 0.2) is 0 Å². The van der Waals surface area contributed by atoms with Crippen LogP contribution in [-0.2, 0) is 6.42 Å². The first kappa shape index (κ1) is 18.4. The average Bonchev–Trinajstić information content (AvgIpc) is 2.70. The molecule has 0 aliphatic carbocycles. The number of aryl methyl sites for hydroxylation is 2. The van der Waals surface area contributed by atoms with E-state index in [2.05, 4.69) is 33.6 Å². The van der Waals surface area contributed by atoms with Gasteiger partial charge in [-0.2, -0.15) is 0 Å². The minimum Gasteiger partial charge on any atom is -0.497 e. The number of carbonyl (C=O) groups excluding carboxylic acids is 1. The zero-order chi connectivity index (χ0) is 19.2. The first-order valence-electron chi connectivity index (χ1n) is 8.73. The maximum Gasteiger partial charge on any atom is 0.274 e. The molecule has 27 heavy (non-hydrogen) atoms. The summed E-state index contributed by atoms with van der Waals surface area (Å²) in [6.45, 7) is 4.14. The highest BCUT2D eigenvalue weighted by atomic mass is 16.5. The van der Waals surface area contributed by atoms with E-state index in [4.69, 9.17) is 4.74 Å². The molecule has 1 aromatic heterocycles. The number of benzene rings is 2. The van der Waals surface area contributed by atoms with Crippen LogP contribution in [0.25, 0.3) is 0 Å². The molecule has 2 N–H and O–H groups in total. The normalized spacial score (nSPS) is 10.3. The summed E-state index contributed by atoms with van der Waals surface area (Å²) in [6, 6.07) is 15.0. The van der Waals surface area contributed by atoms with Crippen molar-refractivity contribution in [3.8, 4) is 5.75 Å². The Bertz CT molecular complexity index is 956. The second-order valence-electron chi connectivity index (χ2n) is 6.06. The first-order valence-corrected chi connectivity index (χ1v) is 8.73. The molecule has 0 atom stereocenters. The Morgan fingerprint density at radius 3 is 2.70 bits per heavy atom. The number of nitrogens with one attached hydrogen (secondary N) is 2. The van der Waals surface area contributed by atoms with Gasteiger partial charge in [0, 0.05) is 23.5 Å². The van der Waals surface area contributed by atoms with E-state index in [1.54, 1.807) is 25.3 Å². The van der Waals surface area contributed by atoms with Crippen molar-refractivity contribution in [1.82, 2.24) is 9.97 Å². The van der Waals surface area contributed by atoms with Crippen LogP contribution >= 0.6 is 0 Å². The van der Waals surface area contributed by atoms with Gasteiger partial charge in [-0.15, -0.1) is 0 Å². The van der Waals surface area contributed by atoms with Crippen molar-refractivity contribution in [1.29, 1.82) is 0 Å². The summed E-state index contributed by atoms with van der Waals surface area (Å²) in [4.78, 5) is 20.9. The third-order valence-corrected chi connectivity index (χ3v) is 4.22. The molecule has 1 heterocycles. The monoisotopic (exact) mass is 362 g/mol. The average molecular weight is 362 g/mol. The topological polar surface area (TPSA) is 76.1 Å². The smallest absolute Gasteiger partial charge is 0.274 e. The second-order valence-corrected chi connectivity index (χ2v) is 6.06. The standard InChI is InChI=1S/C21H22N4O2/c1-4-15-8-5-7-14(2)20(15)25-19-12-18(22-13-23-19)21(26)24-16-9-6-10-17(11-16)27-3/h5-13H,4H2,1-3H3,(H,24,26)(H,22,23,25). The van der Waals surface area contributed by atoms with Gasteiger partial charge >= 0.3 is 0 Å². The minimum atomic E-state index is -0.311. The lowest BCUT2D eigenvalue weighted by molar-refractivity contribution is 0.102. The van der Waals surface area contributed by atoms with E-state index in [9.17, 15) is 4.79 Å². The molecule has 0 fully saturated rings. The predicted octanol–water partition coefficient (Wildman–Crippen LogP) is 4.35. The van der Waals surface area contributed by atoms with Crippen LogP contribution in [0.4, 0.5) is 17.2 Å². The summed E-state index contributed by atoms with van der Waals surface area (Å²) in [5, 5.41) is 6.14. The lowest BCUT2D eigenvalue weighted by Gasteiger charge is -2.13. The van der Waals surface area contributed by atoms with Crippen molar-refractivity contribution < 1.29 is 9.53 Å².